The molecule has 2 N–H and O–H groups in total. The minimum atomic E-state index is 0.856. The summed E-state index contributed by atoms with van der Waals surface area (Å²) < 4.78 is 3.90. The second-order valence-electron chi connectivity index (χ2n) is 6.06. The minimum Gasteiger partial charge on any atom is -0.356 e. The smallest absolute Gasteiger partial charge is 0.190 e. The minimum absolute atomic E-state index is 0.856. The van der Waals surface area contributed by atoms with E-state index in [0.717, 1.165) is 50.6 Å². The SMILES string of the molecule is CN=C(NCCCc1cnn(C)c1)NCCCn1nc(C)cc1C. The molecule has 0 atom stereocenters. The Morgan fingerprint density at radius 2 is 1.96 bits per heavy atom. The molecule has 0 aliphatic heterocycles. The van der Waals surface area contributed by atoms with Gasteiger partial charge >= 0.3 is 0 Å². The third kappa shape index (κ3) is 5.72. The molecular formula is C17H29N7. The van der Waals surface area contributed by atoms with Crippen LogP contribution in [-0.2, 0) is 20.0 Å². The van der Waals surface area contributed by atoms with Crippen molar-refractivity contribution in [3.63, 3.8) is 0 Å². The van der Waals surface area contributed by atoms with Crippen LogP contribution in [0, 0.1) is 13.8 Å². The summed E-state index contributed by atoms with van der Waals surface area (Å²) in [7, 11) is 3.75. The molecule has 0 aliphatic rings. The Morgan fingerprint density at radius 3 is 2.54 bits per heavy atom. The van der Waals surface area contributed by atoms with Gasteiger partial charge in [0.05, 0.1) is 11.9 Å². The van der Waals surface area contributed by atoms with Crippen molar-refractivity contribution in [3.8, 4) is 0 Å². The highest BCUT2D eigenvalue weighted by atomic mass is 15.3. The van der Waals surface area contributed by atoms with Gasteiger partial charge in [0.25, 0.3) is 0 Å². The van der Waals surface area contributed by atoms with E-state index in [9.17, 15) is 0 Å². The molecule has 2 heterocycles. The van der Waals surface area contributed by atoms with Crippen LogP contribution in [0.4, 0.5) is 0 Å². The summed E-state index contributed by atoms with van der Waals surface area (Å²) in [5.74, 6) is 0.856. The Bertz CT molecular complexity index is 654. The maximum atomic E-state index is 4.47. The van der Waals surface area contributed by atoms with E-state index in [4.69, 9.17) is 0 Å². The lowest BCUT2D eigenvalue weighted by Crippen LogP contribution is -2.38. The van der Waals surface area contributed by atoms with Crippen LogP contribution in [0.1, 0.15) is 29.8 Å². The average Bonchev–Trinajstić information content (AvgIpc) is 3.10. The standard InChI is InChI=1S/C17H29N7/c1-14-11-15(2)24(22-14)10-6-9-20-17(18-3)19-8-5-7-16-12-21-23(4)13-16/h11-13H,5-10H2,1-4H3,(H2,18,19,20). The molecule has 0 saturated carbocycles. The first-order valence-electron chi connectivity index (χ1n) is 8.51. The fourth-order valence-electron chi connectivity index (χ4n) is 2.66. The molecule has 7 nitrogen and oxygen atoms in total. The number of nitrogens with one attached hydrogen (secondary N) is 2. The van der Waals surface area contributed by atoms with Crippen LogP contribution in [0.5, 0.6) is 0 Å². The second kappa shape index (κ2) is 9.10. The van der Waals surface area contributed by atoms with E-state index in [1.54, 1.807) is 7.05 Å². The first kappa shape index (κ1) is 18.0. The molecule has 132 valence electrons. The maximum Gasteiger partial charge on any atom is 0.190 e. The summed E-state index contributed by atoms with van der Waals surface area (Å²) in [6.45, 7) is 6.81. The molecule has 2 aromatic rings. The van der Waals surface area contributed by atoms with E-state index in [-0.39, 0.29) is 0 Å². The third-order valence-electron chi connectivity index (χ3n) is 3.86. The average molecular weight is 331 g/mol. The zero-order chi connectivity index (χ0) is 17.4. The van der Waals surface area contributed by atoms with Crippen molar-refractivity contribution in [1.29, 1.82) is 0 Å². The normalized spacial score (nSPS) is 11.8. The molecule has 2 aromatic heterocycles. The Labute approximate surface area is 144 Å². The number of aromatic nitrogens is 4. The predicted molar refractivity (Wildman–Crippen MR) is 97.2 cm³/mol. The van der Waals surface area contributed by atoms with Gasteiger partial charge in [0.1, 0.15) is 0 Å². The first-order valence-corrected chi connectivity index (χ1v) is 8.51. The summed E-state index contributed by atoms with van der Waals surface area (Å²) >= 11 is 0. The lowest BCUT2D eigenvalue weighted by molar-refractivity contribution is 0.555. The molecule has 2 rings (SSSR count). The Hall–Kier alpha value is -2.31. The van der Waals surface area contributed by atoms with Crippen molar-refractivity contribution in [2.45, 2.75) is 39.7 Å². The molecule has 0 unspecified atom stereocenters. The Balaban J connectivity index is 1.59. The highest BCUT2D eigenvalue weighted by molar-refractivity contribution is 5.79. The van der Waals surface area contributed by atoms with Gasteiger partial charge in [-0.15, -0.1) is 0 Å². The number of hydrogen-bond acceptors (Lipinski definition) is 3. The fraction of sp³-hybridized carbons (Fsp3) is 0.588. The van der Waals surface area contributed by atoms with Crippen LogP contribution < -0.4 is 10.6 Å². The number of hydrogen-bond donors (Lipinski definition) is 2. The molecule has 0 spiro atoms. The van der Waals surface area contributed by atoms with Crippen LogP contribution in [0.15, 0.2) is 23.5 Å². The number of guanidine groups is 1. The largest absolute Gasteiger partial charge is 0.356 e. The zero-order valence-corrected chi connectivity index (χ0v) is 15.2. The lowest BCUT2D eigenvalue weighted by Gasteiger charge is -2.12. The molecule has 0 bridgehead atoms. The Kier molecular flexibility index (Phi) is 6.84. The molecule has 0 aliphatic carbocycles. The van der Waals surface area contributed by atoms with Crippen LogP contribution in [0.25, 0.3) is 0 Å². The first-order chi connectivity index (χ1) is 11.6. The third-order valence-corrected chi connectivity index (χ3v) is 3.86. The van der Waals surface area contributed by atoms with Gasteiger partial charge < -0.3 is 10.6 Å². The highest BCUT2D eigenvalue weighted by Crippen LogP contribution is 2.02. The highest BCUT2D eigenvalue weighted by Gasteiger charge is 2.02. The van der Waals surface area contributed by atoms with E-state index < -0.39 is 0 Å². The maximum absolute atomic E-state index is 4.47. The quantitative estimate of drug-likeness (QED) is 0.436. The molecule has 0 aromatic carbocycles. The van der Waals surface area contributed by atoms with Gasteiger partial charge in [0.15, 0.2) is 5.96 Å². The molecule has 0 saturated heterocycles. The summed E-state index contributed by atoms with van der Waals surface area (Å²) in [4.78, 5) is 4.26. The van der Waals surface area contributed by atoms with Crippen molar-refractivity contribution in [3.05, 3.63) is 35.4 Å². The van der Waals surface area contributed by atoms with Crippen LogP contribution in [-0.4, -0.2) is 45.7 Å². The number of rotatable bonds is 8. The van der Waals surface area contributed by atoms with E-state index in [1.165, 1.54) is 11.3 Å². The molecule has 7 heteroatoms. The van der Waals surface area contributed by atoms with Gasteiger partial charge in [0, 0.05) is 45.6 Å². The van der Waals surface area contributed by atoms with Gasteiger partial charge in [-0.3, -0.25) is 14.4 Å². The molecule has 0 radical (unpaired) electrons. The van der Waals surface area contributed by atoms with Gasteiger partial charge in [0.2, 0.25) is 0 Å². The zero-order valence-electron chi connectivity index (χ0n) is 15.2. The lowest BCUT2D eigenvalue weighted by atomic mass is 10.2. The molecular weight excluding hydrogens is 302 g/mol. The summed E-state index contributed by atoms with van der Waals surface area (Å²) in [5, 5.41) is 15.4. The van der Waals surface area contributed by atoms with E-state index >= 15 is 0 Å². The van der Waals surface area contributed by atoms with Crippen molar-refractivity contribution in [1.82, 2.24) is 30.2 Å². The number of nitrogens with zero attached hydrogens (tertiary/aromatic N) is 5. The van der Waals surface area contributed by atoms with E-state index in [1.807, 2.05) is 24.9 Å². The predicted octanol–water partition coefficient (Wildman–Crippen LogP) is 1.42. The summed E-state index contributed by atoms with van der Waals surface area (Å²) in [6, 6.07) is 2.11. The van der Waals surface area contributed by atoms with Crippen LogP contribution in [0.2, 0.25) is 0 Å². The molecule has 0 amide bonds. The number of aryl methyl sites for hydroxylation is 5. The van der Waals surface area contributed by atoms with Crippen LogP contribution >= 0.6 is 0 Å². The van der Waals surface area contributed by atoms with E-state index in [0.29, 0.717) is 0 Å². The van der Waals surface area contributed by atoms with Crippen molar-refractivity contribution < 1.29 is 0 Å². The monoisotopic (exact) mass is 331 g/mol. The van der Waals surface area contributed by atoms with Gasteiger partial charge in [-0.2, -0.15) is 10.2 Å². The van der Waals surface area contributed by atoms with Crippen molar-refractivity contribution in [2.24, 2.45) is 12.0 Å². The summed E-state index contributed by atoms with van der Waals surface area (Å²) in [5.41, 5.74) is 3.56. The second-order valence-corrected chi connectivity index (χ2v) is 6.06. The summed E-state index contributed by atoms with van der Waals surface area (Å²) in [6.07, 6.45) is 7.07. The van der Waals surface area contributed by atoms with Crippen LogP contribution in [0.3, 0.4) is 0 Å². The van der Waals surface area contributed by atoms with Gasteiger partial charge in [-0.1, -0.05) is 0 Å². The van der Waals surface area contributed by atoms with Crippen molar-refractivity contribution >= 4 is 5.96 Å². The van der Waals surface area contributed by atoms with Gasteiger partial charge in [-0.05, 0) is 44.7 Å². The molecule has 0 fully saturated rings. The molecule has 24 heavy (non-hydrogen) atoms. The van der Waals surface area contributed by atoms with E-state index in [2.05, 4.69) is 49.7 Å². The fourth-order valence-corrected chi connectivity index (χ4v) is 2.66. The Morgan fingerprint density at radius 1 is 1.21 bits per heavy atom. The van der Waals surface area contributed by atoms with Crippen molar-refractivity contribution in [2.75, 3.05) is 20.1 Å². The topological polar surface area (TPSA) is 72.1 Å². The van der Waals surface area contributed by atoms with Gasteiger partial charge in [-0.25, -0.2) is 0 Å². The number of aliphatic imine (C=N–C) groups is 1.